The fourth-order valence-electron chi connectivity index (χ4n) is 2.57. The summed E-state index contributed by atoms with van der Waals surface area (Å²) in [5, 5.41) is 12.8. The molecule has 98 valence electrons. The van der Waals surface area contributed by atoms with Crippen molar-refractivity contribution in [3.63, 3.8) is 0 Å². The molecule has 1 amide bonds. The Morgan fingerprint density at radius 3 is 2.67 bits per heavy atom. The zero-order valence-electron chi connectivity index (χ0n) is 10.7. The van der Waals surface area contributed by atoms with Crippen molar-refractivity contribution in [1.82, 2.24) is 5.32 Å². The number of nitrogens with two attached hydrogens (primary N) is 1. The van der Waals surface area contributed by atoms with Crippen molar-refractivity contribution >= 4 is 5.91 Å². The molecule has 0 radical (unpaired) electrons. The maximum absolute atomic E-state index is 12.2. The summed E-state index contributed by atoms with van der Waals surface area (Å²) >= 11 is 0. The molecule has 0 spiro atoms. The molecule has 0 bridgehead atoms. The molecular formula is C14H20N2O2. The first-order chi connectivity index (χ1) is 8.56. The molecule has 2 rings (SSSR count). The molecule has 1 aromatic carbocycles. The predicted octanol–water partition coefficient (Wildman–Crippen LogP) is 1.70. The van der Waals surface area contributed by atoms with Crippen molar-refractivity contribution in [3.05, 3.63) is 29.3 Å². The third kappa shape index (κ3) is 2.48. The number of rotatable bonds is 3. The molecule has 0 unspecified atom stereocenters. The van der Waals surface area contributed by atoms with E-state index >= 15 is 0 Å². The summed E-state index contributed by atoms with van der Waals surface area (Å²) in [6, 6.07) is 5.07. The summed E-state index contributed by atoms with van der Waals surface area (Å²) in [6.07, 6.45) is 4.03. The number of phenolic OH excluding ortho intramolecular Hbond substituents is 1. The van der Waals surface area contributed by atoms with Gasteiger partial charge in [-0.15, -0.1) is 0 Å². The van der Waals surface area contributed by atoms with E-state index in [-0.39, 0.29) is 17.2 Å². The van der Waals surface area contributed by atoms with Crippen LogP contribution in [0.2, 0.25) is 0 Å². The van der Waals surface area contributed by atoms with E-state index in [4.69, 9.17) is 5.73 Å². The van der Waals surface area contributed by atoms with E-state index in [1.165, 1.54) is 0 Å². The smallest absolute Gasteiger partial charge is 0.255 e. The minimum absolute atomic E-state index is 0.0256. The first-order valence-corrected chi connectivity index (χ1v) is 6.38. The van der Waals surface area contributed by atoms with Gasteiger partial charge in [-0.1, -0.05) is 18.9 Å². The number of aryl methyl sites for hydroxylation is 1. The van der Waals surface area contributed by atoms with Crippen LogP contribution in [0.25, 0.3) is 0 Å². The molecule has 1 saturated carbocycles. The van der Waals surface area contributed by atoms with Gasteiger partial charge in [0, 0.05) is 6.54 Å². The summed E-state index contributed by atoms with van der Waals surface area (Å²) in [7, 11) is 0. The number of aromatic hydroxyl groups is 1. The Labute approximate surface area is 107 Å². The van der Waals surface area contributed by atoms with Crippen LogP contribution >= 0.6 is 0 Å². The van der Waals surface area contributed by atoms with E-state index in [2.05, 4.69) is 5.32 Å². The van der Waals surface area contributed by atoms with Crippen LogP contribution in [0.5, 0.6) is 5.75 Å². The van der Waals surface area contributed by atoms with E-state index in [9.17, 15) is 9.90 Å². The predicted molar refractivity (Wildman–Crippen MR) is 70.6 cm³/mol. The third-order valence-electron chi connectivity index (χ3n) is 3.73. The van der Waals surface area contributed by atoms with Crippen LogP contribution < -0.4 is 11.1 Å². The highest BCUT2D eigenvalue weighted by atomic mass is 16.3. The minimum atomic E-state index is -0.283. The summed E-state index contributed by atoms with van der Waals surface area (Å²) in [4.78, 5) is 12.2. The normalized spacial score (nSPS) is 17.7. The molecule has 4 nitrogen and oxygen atoms in total. The van der Waals surface area contributed by atoms with Crippen LogP contribution in [0.4, 0.5) is 0 Å². The molecule has 1 fully saturated rings. The molecule has 1 aliphatic carbocycles. The third-order valence-corrected chi connectivity index (χ3v) is 3.73. The van der Waals surface area contributed by atoms with Crippen LogP contribution in [0.15, 0.2) is 18.2 Å². The summed E-state index contributed by atoms with van der Waals surface area (Å²) in [5.74, 6) is -0.211. The Hall–Kier alpha value is -1.55. The maximum atomic E-state index is 12.2. The fourth-order valence-corrected chi connectivity index (χ4v) is 2.57. The van der Waals surface area contributed by atoms with Gasteiger partial charge in [-0.3, -0.25) is 4.79 Å². The number of hydrogen-bond acceptors (Lipinski definition) is 3. The number of amides is 1. The van der Waals surface area contributed by atoms with Gasteiger partial charge in [-0.25, -0.2) is 0 Å². The molecule has 1 aliphatic rings. The van der Waals surface area contributed by atoms with Gasteiger partial charge in [0.1, 0.15) is 5.75 Å². The van der Waals surface area contributed by atoms with E-state index in [0.717, 1.165) is 31.2 Å². The Balaban J connectivity index is 2.16. The largest absolute Gasteiger partial charge is 0.507 e. The lowest BCUT2D eigenvalue weighted by molar-refractivity contribution is 0.0900. The van der Waals surface area contributed by atoms with Gasteiger partial charge in [0.25, 0.3) is 5.91 Å². The molecule has 0 atom stereocenters. The Morgan fingerprint density at radius 2 is 2.11 bits per heavy atom. The first kappa shape index (κ1) is 12.9. The molecule has 0 aromatic heterocycles. The highest BCUT2D eigenvalue weighted by Gasteiger charge is 2.34. The van der Waals surface area contributed by atoms with Crippen LogP contribution in [0.3, 0.4) is 0 Å². The van der Waals surface area contributed by atoms with Gasteiger partial charge in [0.05, 0.1) is 11.1 Å². The standard InChI is InChI=1S/C14H20N2O2/c1-10-4-5-11(12(17)8-10)13(18)16-14(9-15)6-2-3-7-14/h4-5,8,17H,2-3,6-7,9,15H2,1H3,(H,16,18). The second kappa shape index (κ2) is 4.98. The van der Waals surface area contributed by atoms with E-state index in [0.29, 0.717) is 12.1 Å². The minimum Gasteiger partial charge on any atom is -0.507 e. The maximum Gasteiger partial charge on any atom is 0.255 e. The van der Waals surface area contributed by atoms with Gasteiger partial charge in [-0.05, 0) is 37.5 Å². The highest BCUT2D eigenvalue weighted by molar-refractivity contribution is 5.97. The van der Waals surface area contributed by atoms with Crippen molar-refractivity contribution in [1.29, 1.82) is 0 Å². The lowest BCUT2D eigenvalue weighted by Crippen LogP contribution is -2.51. The van der Waals surface area contributed by atoms with Crippen molar-refractivity contribution in [2.75, 3.05) is 6.54 Å². The van der Waals surface area contributed by atoms with Gasteiger partial charge in [-0.2, -0.15) is 0 Å². The molecule has 1 aromatic rings. The van der Waals surface area contributed by atoms with Crippen LogP contribution in [0, 0.1) is 6.92 Å². The van der Waals surface area contributed by atoms with Gasteiger partial charge >= 0.3 is 0 Å². The van der Waals surface area contributed by atoms with Crippen LogP contribution in [-0.2, 0) is 0 Å². The quantitative estimate of drug-likeness (QED) is 0.762. The second-order valence-corrected chi connectivity index (χ2v) is 5.17. The number of nitrogens with one attached hydrogen (secondary N) is 1. The van der Waals surface area contributed by atoms with Crippen molar-refractivity contribution in [2.24, 2.45) is 5.73 Å². The zero-order valence-corrected chi connectivity index (χ0v) is 10.7. The van der Waals surface area contributed by atoms with Gasteiger partial charge < -0.3 is 16.2 Å². The molecule has 0 heterocycles. The zero-order chi connectivity index (χ0) is 13.2. The summed E-state index contributed by atoms with van der Waals surface area (Å²) < 4.78 is 0. The summed E-state index contributed by atoms with van der Waals surface area (Å²) in [5.41, 5.74) is 6.75. The lowest BCUT2D eigenvalue weighted by Gasteiger charge is -2.28. The first-order valence-electron chi connectivity index (χ1n) is 6.38. The van der Waals surface area contributed by atoms with Gasteiger partial charge in [0.2, 0.25) is 0 Å². The number of hydrogen-bond donors (Lipinski definition) is 3. The number of carbonyl (C=O) groups is 1. The molecule has 0 aliphatic heterocycles. The average Bonchev–Trinajstić information content (AvgIpc) is 2.78. The van der Waals surface area contributed by atoms with Crippen molar-refractivity contribution < 1.29 is 9.90 Å². The molecule has 0 saturated heterocycles. The summed E-state index contributed by atoms with van der Waals surface area (Å²) in [6.45, 7) is 2.32. The number of phenols is 1. The SMILES string of the molecule is Cc1ccc(C(=O)NC2(CN)CCCC2)c(O)c1. The molecule has 4 heteroatoms. The Kier molecular flexibility index (Phi) is 3.57. The van der Waals surface area contributed by atoms with Crippen LogP contribution in [0.1, 0.15) is 41.6 Å². The molecule has 4 N–H and O–H groups in total. The second-order valence-electron chi connectivity index (χ2n) is 5.17. The Morgan fingerprint density at radius 1 is 1.44 bits per heavy atom. The highest BCUT2D eigenvalue weighted by Crippen LogP contribution is 2.29. The topological polar surface area (TPSA) is 75.4 Å². The van der Waals surface area contributed by atoms with E-state index in [1.54, 1.807) is 12.1 Å². The van der Waals surface area contributed by atoms with Crippen molar-refractivity contribution in [2.45, 2.75) is 38.1 Å². The fraction of sp³-hybridized carbons (Fsp3) is 0.500. The lowest BCUT2D eigenvalue weighted by atomic mass is 9.97. The molecular weight excluding hydrogens is 228 g/mol. The van der Waals surface area contributed by atoms with Gasteiger partial charge in [0.15, 0.2) is 0 Å². The van der Waals surface area contributed by atoms with Crippen molar-refractivity contribution in [3.8, 4) is 5.75 Å². The molecule has 18 heavy (non-hydrogen) atoms. The Bertz CT molecular complexity index is 451. The number of benzene rings is 1. The average molecular weight is 248 g/mol. The number of carbonyl (C=O) groups excluding carboxylic acids is 1. The van der Waals surface area contributed by atoms with E-state index < -0.39 is 0 Å². The van der Waals surface area contributed by atoms with E-state index in [1.807, 2.05) is 13.0 Å². The van der Waals surface area contributed by atoms with Crippen LogP contribution in [-0.4, -0.2) is 23.1 Å². The monoisotopic (exact) mass is 248 g/mol.